The lowest BCUT2D eigenvalue weighted by atomic mass is 10.1. The molecule has 0 spiro atoms. The van der Waals surface area contributed by atoms with Crippen LogP contribution >= 0.6 is 10.8 Å². The average Bonchev–Trinajstić information content (AvgIpc) is 2.45. The van der Waals surface area contributed by atoms with Crippen LogP contribution in [0.1, 0.15) is 16.7 Å². The highest BCUT2D eigenvalue weighted by atomic mass is 33.1. The van der Waals surface area contributed by atoms with Crippen LogP contribution in [0.15, 0.2) is 53.4 Å². The lowest BCUT2D eigenvalue weighted by Crippen LogP contribution is -2.04. The fourth-order valence-corrected chi connectivity index (χ4v) is 4.41. The monoisotopic (exact) mass is 346 g/mol. The predicted octanol–water partition coefficient (Wildman–Crippen LogP) is 4.64. The zero-order chi connectivity index (χ0) is 16.4. The Morgan fingerprint density at radius 3 is 2.00 bits per heavy atom. The van der Waals surface area contributed by atoms with Crippen LogP contribution in [0.3, 0.4) is 0 Å². The second kappa shape index (κ2) is 6.34. The summed E-state index contributed by atoms with van der Waals surface area (Å²) in [6.07, 6.45) is -4.39. The van der Waals surface area contributed by atoms with Gasteiger partial charge in [0.25, 0.3) is 0 Å². The molecule has 0 amide bonds. The Morgan fingerprint density at radius 2 is 1.50 bits per heavy atom. The van der Waals surface area contributed by atoms with Gasteiger partial charge in [0, 0.05) is 5.75 Å². The maximum absolute atomic E-state index is 12.4. The maximum atomic E-state index is 12.4. The number of rotatable bonds is 4. The van der Waals surface area contributed by atoms with Gasteiger partial charge in [-0.3, -0.25) is 0 Å². The molecule has 0 radical (unpaired) electrons. The van der Waals surface area contributed by atoms with E-state index in [1.54, 1.807) is 12.1 Å². The molecule has 2 aromatic carbocycles. The summed E-state index contributed by atoms with van der Waals surface area (Å²) >= 11 is 0. The number of halogens is 3. The lowest BCUT2D eigenvalue weighted by Gasteiger charge is -2.08. The van der Waals surface area contributed by atoms with Crippen LogP contribution in [0.2, 0.25) is 0 Å². The van der Waals surface area contributed by atoms with Crippen LogP contribution in [-0.2, 0) is 20.8 Å². The molecule has 0 fully saturated rings. The van der Waals surface area contributed by atoms with E-state index in [2.05, 4.69) is 0 Å². The second-order valence-electron chi connectivity index (χ2n) is 4.72. The van der Waals surface area contributed by atoms with Gasteiger partial charge in [-0.05, 0) is 47.5 Å². The highest BCUT2D eigenvalue weighted by Crippen LogP contribution is 2.31. The molecular weight excluding hydrogens is 333 g/mol. The minimum Gasteiger partial charge on any atom is -0.212 e. The van der Waals surface area contributed by atoms with Crippen LogP contribution in [0, 0.1) is 6.92 Å². The third-order valence-corrected chi connectivity index (χ3v) is 6.44. The van der Waals surface area contributed by atoms with Crippen molar-refractivity contribution in [3.8, 4) is 0 Å². The van der Waals surface area contributed by atoms with Crippen molar-refractivity contribution in [3.63, 3.8) is 0 Å². The fourth-order valence-electron chi connectivity index (χ4n) is 1.71. The molecule has 0 atom stereocenters. The van der Waals surface area contributed by atoms with Crippen molar-refractivity contribution in [3.05, 3.63) is 65.2 Å². The molecule has 0 saturated carbocycles. The summed E-state index contributed by atoms with van der Waals surface area (Å²) in [6.45, 7) is 1.85. The van der Waals surface area contributed by atoms with E-state index in [1.807, 2.05) is 6.92 Å². The standard InChI is InChI=1S/C15H13F3O2S2/c1-11-2-8-14(9-3-11)22(19,20)21-10-12-4-6-13(7-5-12)15(16,17)18/h2-9H,10H2,1H3. The highest BCUT2D eigenvalue weighted by Gasteiger charge is 2.30. The summed E-state index contributed by atoms with van der Waals surface area (Å²) < 4.78 is 61.6. The molecule has 22 heavy (non-hydrogen) atoms. The Balaban J connectivity index is 2.07. The maximum Gasteiger partial charge on any atom is 0.416 e. The van der Waals surface area contributed by atoms with E-state index in [1.165, 1.54) is 24.3 Å². The van der Waals surface area contributed by atoms with Gasteiger partial charge in [-0.25, -0.2) is 8.42 Å². The van der Waals surface area contributed by atoms with E-state index in [9.17, 15) is 21.6 Å². The Hall–Kier alpha value is -1.47. The number of aryl methyl sites for hydroxylation is 1. The van der Waals surface area contributed by atoms with E-state index in [0.29, 0.717) is 16.4 Å². The number of benzene rings is 2. The minimum atomic E-state index is -4.39. The summed E-state index contributed by atoms with van der Waals surface area (Å²) in [5.41, 5.74) is 0.725. The van der Waals surface area contributed by atoms with Crippen LogP contribution in [0.25, 0.3) is 0 Å². The first-order chi connectivity index (χ1) is 10.2. The summed E-state index contributed by atoms with van der Waals surface area (Å²) in [6, 6.07) is 10.9. The first-order valence-corrected chi connectivity index (χ1v) is 9.29. The van der Waals surface area contributed by atoms with Gasteiger partial charge < -0.3 is 0 Å². The van der Waals surface area contributed by atoms with Crippen LogP contribution in [0.4, 0.5) is 13.2 Å². The molecule has 0 aliphatic heterocycles. The summed E-state index contributed by atoms with van der Waals surface area (Å²) in [5, 5.41) is 0. The van der Waals surface area contributed by atoms with Crippen molar-refractivity contribution in [2.24, 2.45) is 0 Å². The molecule has 118 valence electrons. The molecule has 2 nitrogen and oxygen atoms in total. The molecule has 2 rings (SSSR count). The molecular formula is C15H13F3O2S2. The lowest BCUT2D eigenvalue weighted by molar-refractivity contribution is -0.137. The molecule has 7 heteroatoms. The quantitative estimate of drug-likeness (QED) is 0.757. The van der Waals surface area contributed by atoms with Crippen molar-refractivity contribution in [1.82, 2.24) is 0 Å². The number of alkyl halides is 3. The smallest absolute Gasteiger partial charge is 0.212 e. The first kappa shape index (κ1) is 16.9. The molecule has 0 aromatic heterocycles. The van der Waals surface area contributed by atoms with Gasteiger partial charge in [0.2, 0.25) is 8.87 Å². The van der Waals surface area contributed by atoms with Crippen LogP contribution in [-0.4, -0.2) is 8.42 Å². The predicted molar refractivity (Wildman–Crippen MR) is 81.1 cm³/mol. The highest BCUT2D eigenvalue weighted by molar-refractivity contribution is 8.71. The number of hydrogen-bond donors (Lipinski definition) is 0. The summed E-state index contributed by atoms with van der Waals surface area (Å²) in [4.78, 5) is 0.190. The van der Waals surface area contributed by atoms with Gasteiger partial charge in [0.05, 0.1) is 10.5 Å². The minimum absolute atomic E-state index is 0.0916. The molecule has 0 aliphatic carbocycles. The Labute approximate surface area is 130 Å². The molecule has 0 bridgehead atoms. The van der Waals surface area contributed by atoms with E-state index in [4.69, 9.17) is 0 Å². The number of hydrogen-bond acceptors (Lipinski definition) is 3. The molecule has 0 N–H and O–H groups in total. The van der Waals surface area contributed by atoms with Gasteiger partial charge >= 0.3 is 6.18 Å². The average molecular weight is 346 g/mol. The van der Waals surface area contributed by atoms with Crippen molar-refractivity contribution < 1.29 is 21.6 Å². The van der Waals surface area contributed by atoms with E-state index >= 15 is 0 Å². The van der Waals surface area contributed by atoms with Gasteiger partial charge in [-0.1, -0.05) is 29.8 Å². The van der Waals surface area contributed by atoms with E-state index < -0.39 is 20.6 Å². The summed E-state index contributed by atoms with van der Waals surface area (Å²) in [5.74, 6) is 0.0916. The zero-order valence-electron chi connectivity index (χ0n) is 11.6. The first-order valence-electron chi connectivity index (χ1n) is 6.31. The molecule has 0 unspecified atom stereocenters. The van der Waals surface area contributed by atoms with Gasteiger partial charge in [-0.15, -0.1) is 0 Å². The Bertz CT molecular complexity index is 734. The van der Waals surface area contributed by atoms with E-state index in [-0.39, 0.29) is 10.6 Å². The van der Waals surface area contributed by atoms with Gasteiger partial charge in [-0.2, -0.15) is 13.2 Å². The normalized spacial score (nSPS) is 12.4. The van der Waals surface area contributed by atoms with E-state index in [0.717, 1.165) is 17.7 Å². The van der Waals surface area contributed by atoms with Crippen molar-refractivity contribution in [1.29, 1.82) is 0 Å². The molecule has 0 heterocycles. The largest absolute Gasteiger partial charge is 0.416 e. The third-order valence-electron chi connectivity index (χ3n) is 2.97. The third kappa shape index (κ3) is 4.27. The fraction of sp³-hybridized carbons (Fsp3) is 0.200. The second-order valence-corrected chi connectivity index (χ2v) is 8.65. The summed E-state index contributed by atoms with van der Waals surface area (Å²) in [7, 11) is -2.82. The van der Waals surface area contributed by atoms with Gasteiger partial charge in [0.15, 0.2) is 0 Å². The van der Waals surface area contributed by atoms with Crippen molar-refractivity contribution >= 4 is 19.7 Å². The van der Waals surface area contributed by atoms with Gasteiger partial charge in [0.1, 0.15) is 0 Å². The molecule has 2 aromatic rings. The van der Waals surface area contributed by atoms with Crippen molar-refractivity contribution in [2.45, 2.75) is 23.7 Å². The topological polar surface area (TPSA) is 34.1 Å². The van der Waals surface area contributed by atoms with Crippen molar-refractivity contribution in [2.75, 3.05) is 0 Å². The SMILES string of the molecule is Cc1ccc(S(=O)(=O)SCc2ccc(C(F)(F)F)cc2)cc1. The Morgan fingerprint density at radius 1 is 0.955 bits per heavy atom. The molecule has 0 aliphatic rings. The Kier molecular flexibility index (Phi) is 4.87. The zero-order valence-corrected chi connectivity index (χ0v) is 13.2. The van der Waals surface area contributed by atoms with Crippen LogP contribution in [0.5, 0.6) is 0 Å². The van der Waals surface area contributed by atoms with Crippen LogP contribution < -0.4 is 0 Å². The molecule has 0 saturated heterocycles.